The van der Waals surface area contributed by atoms with Gasteiger partial charge < -0.3 is 10.5 Å². The molecule has 0 saturated carbocycles. The maximum atomic E-state index is 12.6. The molecule has 0 aliphatic carbocycles. The van der Waals surface area contributed by atoms with Crippen LogP contribution in [0.4, 0.5) is 5.69 Å². The lowest BCUT2D eigenvalue weighted by molar-refractivity contribution is 0.103. The highest BCUT2D eigenvalue weighted by molar-refractivity contribution is 6.11. The zero-order valence-corrected chi connectivity index (χ0v) is 12.1. The number of benzene rings is 2. The first-order chi connectivity index (χ1) is 9.54. The quantitative estimate of drug-likeness (QED) is 0.682. The molecular weight excluding hydrogens is 250 g/mol. The molecule has 0 aliphatic heterocycles. The molecule has 0 aromatic heterocycles. The fraction of sp³-hybridized carbons (Fsp3) is 0.235. The Kier molecular flexibility index (Phi) is 4.08. The van der Waals surface area contributed by atoms with E-state index >= 15 is 0 Å². The van der Waals surface area contributed by atoms with Crippen LogP contribution in [0.2, 0.25) is 0 Å². The molecule has 0 atom stereocenters. The van der Waals surface area contributed by atoms with Crippen LogP contribution in [0.5, 0.6) is 5.75 Å². The van der Waals surface area contributed by atoms with Crippen LogP contribution in [0.3, 0.4) is 0 Å². The highest BCUT2D eigenvalue weighted by Crippen LogP contribution is 2.28. The fourth-order valence-electron chi connectivity index (χ4n) is 2.08. The summed E-state index contributed by atoms with van der Waals surface area (Å²) in [6.07, 6.45) is 0. The van der Waals surface area contributed by atoms with Crippen molar-refractivity contribution < 1.29 is 9.53 Å². The molecular formula is C17H19NO2. The van der Waals surface area contributed by atoms with Crippen LogP contribution in [0, 0.1) is 13.8 Å². The number of nitrogen functional groups attached to an aromatic ring is 1. The summed E-state index contributed by atoms with van der Waals surface area (Å²) in [5, 5.41) is 0. The van der Waals surface area contributed by atoms with Crippen molar-refractivity contribution in [2.45, 2.75) is 20.8 Å². The van der Waals surface area contributed by atoms with Crippen LogP contribution in [0.15, 0.2) is 36.4 Å². The summed E-state index contributed by atoms with van der Waals surface area (Å²) in [6, 6.07) is 10.9. The summed E-state index contributed by atoms with van der Waals surface area (Å²) in [7, 11) is 0. The summed E-state index contributed by atoms with van der Waals surface area (Å²) in [5.41, 5.74) is 9.81. The van der Waals surface area contributed by atoms with Crippen molar-refractivity contribution >= 4 is 11.5 Å². The second kappa shape index (κ2) is 5.78. The van der Waals surface area contributed by atoms with Crippen molar-refractivity contribution in [3.8, 4) is 5.75 Å². The number of rotatable bonds is 4. The molecule has 0 spiro atoms. The molecule has 0 fully saturated rings. The minimum atomic E-state index is -0.0659. The van der Waals surface area contributed by atoms with E-state index < -0.39 is 0 Å². The predicted octanol–water partition coefficient (Wildman–Crippen LogP) is 3.52. The lowest BCUT2D eigenvalue weighted by atomic mass is 9.98. The Hall–Kier alpha value is -2.29. The highest BCUT2D eigenvalue weighted by atomic mass is 16.5. The molecule has 2 rings (SSSR count). The summed E-state index contributed by atoms with van der Waals surface area (Å²) in [6.45, 7) is 6.36. The van der Waals surface area contributed by atoms with Crippen LogP contribution < -0.4 is 10.5 Å². The monoisotopic (exact) mass is 269 g/mol. The van der Waals surface area contributed by atoms with Gasteiger partial charge in [-0.25, -0.2) is 0 Å². The van der Waals surface area contributed by atoms with E-state index in [9.17, 15) is 4.79 Å². The van der Waals surface area contributed by atoms with Gasteiger partial charge in [0.25, 0.3) is 0 Å². The summed E-state index contributed by atoms with van der Waals surface area (Å²) in [4.78, 5) is 12.6. The Balaban J connectivity index is 2.47. The largest absolute Gasteiger partial charge is 0.491 e. The molecule has 0 heterocycles. The second-order valence-corrected chi connectivity index (χ2v) is 4.79. The van der Waals surface area contributed by atoms with Gasteiger partial charge in [0.1, 0.15) is 0 Å². The Labute approximate surface area is 119 Å². The van der Waals surface area contributed by atoms with E-state index in [0.717, 1.165) is 5.56 Å². The maximum Gasteiger partial charge on any atom is 0.196 e. The molecule has 2 aromatic rings. The molecule has 0 bridgehead atoms. The van der Waals surface area contributed by atoms with Crippen molar-refractivity contribution in [2.75, 3.05) is 12.3 Å². The van der Waals surface area contributed by atoms with Gasteiger partial charge in [0.05, 0.1) is 17.9 Å². The zero-order chi connectivity index (χ0) is 14.7. The molecule has 2 N–H and O–H groups in total. The van der Waals surface area contributed by atoms with E-state index in [0.29, 0.717) is 29.2 Å². The van der Waals surface area contributed by atoms with Crippen molar-refractivity contribution in [1.29, 1.82) is 0 Å². The average molecular weight is 269 g/mol. The molecule has 3 heteroatoms. The zero-order valence-electron chi connectivity index (χ0n) is 12.1. The van der Waals surface area contributed by atoms with Crippen molar-refractivity contribution in [3.63, 3.8) is 0 Å². The van der Waals surface area contributed by atoms with E-state index in [1.54, 1.807) is 18.2 Å². The van der Waals surface area contributed by atoms with Gasteiger partial charge in [-0.15, -0.1) is 0 Å². The van der Waals surface area contributed by atoms with Gasteiger partial charge in [0.2, 0.25) is 0 Å². The molecule has 104 valence electrons. The molecule has 0 amide bonds. The van der Waals surface area contributed by atoms with E-state index in [4.69, 9.17) is 10.5 Å². The van der Waals surface area contributed by atoms with E-state index in [1.807, 2.05) is 39.0 Å². The number of carbonyl (C=O) groups excluding carboxylic acids is 1. The smallest absolute Gasteiger partial charge is 0.196 e. The van der Waals surface area contributed by atoms with E-state index in [2.05, 4.69) is 0 Å². The Morgan fingerprint density at radius 2 is 1.90 bits per heavy atom. The normalized spacial score (nSPS) is 10.3. The minimum absolute atomic E-state index is 0.0659. The topological polar surface area (TPSA) is 52.3 Å². The standard InChI is InChI=1S/C17H19NO2/c1-4-20-17-14(6-5-7-15(17)18)16(19)13-9-8-11(2)12(3)10-13/h5-10H,4,18H2,1-3H3. The molecule has 0 radical (unpaired) electrons. The van der Waals surface area contributed by atoms with Gasteiger partial charge in [-0.05, 0) is 50.1 Å². The summed E-state index contributed by atoms with van der Waals surface area (Å²) < 4.78 is 5.52. The summed E-state index contributed by atoms with van der Waals surface area (Å²) in [5.74, 6) is 0.405. The molecule has 20 heavy (non-hydrogen) atoms. The van der Waals surface area contributed by atoms with Gasteiger partial charge in [-0.1, -0.05) is 18.2 Å². The first-order valence-electron chi connectivity index (χ1n) is 6.67. The number of para-hydroxylation sites is 1. The Bertz CT molecular complexity index is 647. The molecule has 2 aromatic carbocycles. The van der Waals surface area contributed by atoms with Crippen LogP contribution in [0.1, 0.15) is 34.0 Å². The third-order valence-corrected chi connectivity index (χ3v) is 3.35. The van der Waals surface area contributed by atoms with Crippen molar-refractivity contribution in [1.82, 2.24) is 0 Å². The van der Waals surface area contributed by atoms with Crippen LogP contribution in [0.25, 0.3) is 0 Å². The third kappa shape index (κ3) is 2.67. The lowest BCUT2D eigenvalue weighted by Crippen LogP contribution is -2.08. The SMILES string of the molecule is CCOc1c(N)cccc1C(=O)c1ccc(C)c(C)c1. The lowest BCUT2D eigenvalue weighted by Gasteiger charge is -2.12. The Morgan fingerprint density at radius 1 is 1.15 bits per heavy atom. The number of carbonyl (C=O) groups is 1. The first kappa shape index (κ1) is 14.1. The van der Waals surface area contributed by atoms with Crippen molar-refractivity contribution in [3.05, 3.63) is 58.7 Å². The molecule has 0 saturated heterocycles. The minimum Gasteiger partial charge on any atom is -0.491 e. The fourth-order valence-corrected chi connectivity index (χ4v) is 2.08. The van der Waals surface area contributed by atoms with E-state index in [-0.39, 0.29) is 5.78 Å². The number of hydrogen-bond donors (Lipinski definition) is 1. The number of hydrogen-bond acceptors (Lipinski definition) is 3. The van der Waals surface area contributed by atoms with Crippen LogP contribution >= 0.6 is 0 Å². The summed E-state index contributed by atoms with van der Waals surface area (Å²) >= 11 is 0. The number of ether oxygens (including phenoxy) is 1. The second-order valence-electron chi connectivity index (χ2n) is 4.79. The number of anilines is 1. The Morgan fingerprint density at radius 3 is 2.55 bits per heavy atom. The first-order valence-corrected chi connectivity index (χ1v) is 6.67. The maximum absolute atomic E-state index is 12.6. The molecule has 0 unspecified atom stereocenters. The van der Waals surface area contributed by atoms with E-state index in [1.165, 1.54) is 5.56 Å². The third-order valence-electron chi connectivity index (χ3n) is 3.35. The van der Waals surface area contributed by atoms with Crippen LogP contribution in [-0.4, -0.2) is 12.4 Å². The number of nitrogens with two attached hydrogens (primary N) is 1. The van der Waals surface area contributed by atoms with Gasteiger partial charge in [0.15, 0.2) is 11.5 Å². The molecule has 3 nitrogen and oxygen atoms in total. The van der Waals surface area contributed by atoms with Crippen LogP contribution in [-0.2, 0) is 0 Å². The predicted molar refractivity (Wildman–Crippen MR) is 81.4 cm³/mol. The highest BCUT2D eigenvalue weighted by Gasteiger charge is 2.17. The van der Waals surface area contributed by atoms with Crippen molar-refractivity contribution in [2.24, 2.45) is 0 Å². The van der Waals surface area contributed by atoms with Gasteiger partial charge >= 0.3 is 0 Å². The number of ketones is 1. The van der Waals surface area contributed by atoms with Gasteiger partial charge in [-0.3, -0.25) is 4.79 Å². The number of aryl methyl sites for hydroxylation is 2. The molecule has 0 aliphatic rings. The van der Waals surface area contributed by atoms with Gasteiger partial charge in [0, 0.05) is 5.56 Å². The van der Waals surface area contributed by atoms with Gasteiger partial charge in [-0.2, -0.15) is 0 Å². The average Bonchev–Trinajstić information content (AvgIpc) is 2.43.